The van der Waals surface area contributed by atoms with Crippen LogP contribution in [0.4, 0.5) is 0 Å². The van der Waals surface area contributed by atoms with Crippen LogP contribution in [0.25, 0.3) is 0 Å². The first-order valence-electron chi connectivity index (χ1n) is 5.53. The van der Waals surface area contributed by atoms with E-state index in [1.54, 1.807) is 0 Å². The second kappa shape index (κ2) is 5.72. The van der Waals surface area contributed by atoms with Gasteiger partial charge in [0.1, 0.15) is 0 Å². The van der Waals surface area contributed by atoms with Crippen LogP contribution in [0.3, 0.4) is 0 Å². The molecule has 0 aliphatic rings. The number of hydrogen-bond donors (Lipinski definition) is 1. The van der Waals surface area contributed by atoms with Crippen LogP contribution in [-0.4, -0.2) is 25.3 Å². The summed E-state index contributed by atoms with van der Waals surface area (Å²) in [6.45, 7) is 15.8. The summed E-state index contributed by atoms with van der Waals surface area (Å²) >= 11 is 0. The van der Waals surface area contributed by atoms with E-state index in [1.807, 2.05) is 0 Å². The minimum absolute atomic E-state index is 0.202. The molecule has 86 valence electrons. The summed E-state index contributed by atoms with van der Waals surface area (Å²) in [5, 5.41) is 3.39. The van der Waals surface area contributed by atoms with Crippen LogP contribution in [0, 0.1) is 5.41 Å². The van der Waals surface area contributed by atoms with Crippen molar-refractivity contribution in [2.75, 3.05) is 19.8 Å². The molecule has 0 atom stereocenters. The van der Waals surface area contributed by atoms with Gasteiger partial charge in [-0.15, -0.1) is 0 Å². The van der Waals surface area contributed by atoms with E-state index < -0.39 is 0 Å². The van der Waals surface area contributed by atoms with E-state index in [2.05, 4.69) is 46.9 Å². The van der Waals surface area contributed by atoms with Crippen molar-refractivity contribution in [1.82, 2.24) is 5.32 Å². The number of rotatable bonds is 5. The van der Waals surface area contributed by atoms with Crippen molar-refractivity contribution in [2.24, 2.45) is 5.41 Å². The molecule has 0 saturated carbocycles. The van der Waals surface area contributed by atoms with Gasteiger partial charge in [-0.1, -0.05) is 20.8 Å². The van der Waals surface area contributed by atoms with Crippen LogP contribution in [0.2, 0.25) is 0 Å². The van der Waals surface area contributed by atoms with Gasteiger partial charge in [-0.2, -0.15) is 0 Å². The summed E-state index contributed by atoms with van der Waals surface area (Å²) in [4.78, 5) is 0. The molecule has 0 heterocycles. The van der Waals surface area contributed by atoms with Gasteiger partial charge >= 0.3 is 0 Å². The summed E-state index contributed by atoms with van der Waals surface area (Å²) in [5.74, 6) is 0. The maximum atomic E-state index is 5.54. The average molecular weight is 201 g/mol. The minimum atomic E-state index is 0.202. The minimum Gasteiger partial charge on any atom is -0.380 e. The molecule has 0 rings (SSSR count). The van der Waals surface area contributed by atoms with Gasteiger partial charge < -0.3 is 10.1 Å². The largest absolute Gasteiger partial charge is 0.380 e. The summed E-state index contributed by atoms with van der Waals surface area (Å²) in [5.41, 5.74) is 0.588. The van der Waals surface area contributed by atoms with Crippen LogP contribution in [0.15, 0.2) is 0 Å². The predicted molar refractivity (Wildman–Crippen MR) is 62.6 cm³/mol. The molecule has 0 saturated heterocycles. The zero-order chi connectivity index (χ0) is 11.2. The number of hydrogen-bond acceptors (Lipinski definition) is 2. The topological polar surface area (TPSA) is 21.3 Å². The third kappa shape index (κ3) is 11.9. The second-order valence-electron chi connectivity index (χ2n) is 6.10. The fourth-order valence-corrected chi connectivity index (χ4v) is 0.979. The van der Waals surface area contributed by atoms with Crippen molar-refractivity contribution in [1.29, 1.82) is 0 Å². The Morgan fingerprint density at radius 1 is 0.929 bits per heavy atom. The Bertz CT molecular complexity index is 123. The van der Waals surface area contributed by atoms with Gasteiger partial charge in [-0.05, 0) is 32.6 Å². The first kappa shape index (κ1) is 13.9. The Labute approximate surface area is 89.4 Å². The second-order valence-corrected chi connectivity index (χ2v) is 6.10. The van der Waals surface area contributed by atoms with E-state index in [1.165, 1.54) is 0 Å². The third-order valence-electron chi connectivity index (χ3n) is 1.90. The number of ether oxygens (including phenoxy) is 1. The van der Waals surface area contributed by atoms with Gasteiger partial charge in [0.25, 0.3) is 0 Å². The fourth-order valence-electron chi connectivity index (χ4n) is 0.979. The van der Waals surface area contributed by atoms with Crippen LogP contribution in [-0.2, 0) is 4.74 Å². The molecule has 0 unspecified atom stereocenters. The average Bonchev–Trinajstić information content (AvgIpc) is 1.92. The predicted octanol–water partition coefficient (Wildman–Crippen LogP) is 2.83. The van der Waals surface area contributed by atoms with E-state index in [0.29, 0.717) is 5.41 Å². The molecule has 0 spiro atoms. The Morgan fingerprint density at radius 2 is 1.50 bits per heavy atom. The van der Waals surface area contributed by atoms with Crippen molar-refractivity contribution < 1.29 is 4.74 Å². The van der Waals surface area contributed by atoms with Crippen LogP contribution in [0.1, 0.15) is 48.0 Å². The van der Waals surface area contributed by atoms with Crippen molar-refractivity contribution in [3.8, 4) is 0 Å². The summed E-state index contributed by atoms with van der Waals surface area (Å²) < 4.78 is 5.54. The lowest BCUT2D eigenvalue weighted by molar-refractivity contribution is 0.106. The maximum Gasteiger partial charge on any atom is 0.0591 e. The smallest absolute Gasteiger partial charge is 0.0591 e. The van der Waals surface area contributed by atoms with Crippen LogP contribution >= 0.6 is 0 Å². The molecule has 0 bridgehead atoms. The van der Waals surface area contributed by atoms with Crippen LogP contribution in [0.5, 0.6) is 0 Å². The molecule has 0 aromatic carbocycles. The highest BCUT2D eigenvalue weighted by Gasteiger charge is 2.10. The first-order valence-corrected chi connectivity index (χ1v) is 5.53. The zero-order valence-corrected chi connectivity index (χ0v) is 10.7. The Balaban J connectivity index is 3.23. The summed E-state index contributed by atoms with van der Waals surface area (Å²) in [6.07, 6.45) is 1.13. The van der Waals surface area contributed by atoms with Crippen molar-refractivity contribution >= 4 is 0 Å². The Kier molecular flexibility index (Phi) is 5.68. The molecule has 0 aliphatic carbocycles. The quantitative estimate of drug-likeness (QED) is 0.691. The SMILES string of the molecule is CC(C)(C)CCOCCNC(C)(C)C. The Hall–Kier alpha value is -0.0800. The molecule has 0 fully saturated rings. The van der Waals surface area contributed by atoms with Gasteiger partial charge in [-0.25, -0.2) is 0 Å². The molecule has 0 aromatic heterocycles. The molecule has 2 heteroatoms. The van der Waals surface area contributed by atoms with Gasteiger partial charge in [-0.3, -0.25) is 0 Å². The third-order valence-corrected chi connectivity index (χ3v) is 1.90. The maximum absolute atomic E-state index is 5.54. The standard InChI is InChI=1S/C12H27NO/c1-11(2,3)7-9-14-10-8-13-12(4,5)6/h13H,7-10H2,1-6H3. The first-order chi connectivity index (χ1) is 6.21. The summed E-state index contributed by atoms with van der Waals surface area (Å²) in [6, 6.07) is 0. The molecule has 0 aliphatic heterocycles. The van der Waals surface area contributed by atoms with E-state index in [4.69, 9.17) is 4.74 Å². The lowest BCUT2D eigenvalue weighted by Crippen LogP contribution is -2.38. The lowest BCUT2D eigenvalue weighted by Gasteiger charge is -2.21. The highest BCUT2D eigenvalue weighted by molar-refractivity contribution is 4.69. The van der Waals surface area contributed by atoms with E-state index in [-0.39, 0.29) is 5.54 Å². The molecule has 0 aromatic rings. The van der Waals surface area contributed by atoms with Crippen LogP contribution < -0.4 is 5.32 Å². The molecule has 0 amide bonds. The monoisotopic (exact) mass is 201 g/mol. The van der Waals surface area contributed by atoms with E-state index in [9.17, 15) is 0 Å². The zero-order valence-electron chi connectivity index (χ0n) is 10.7. The molecule has 1 N–H and O–H groups in total. The number of nitrogens with one attached hydrogen (secondary N) is 1. The Morgan fingerprint density at radius 3 is 1.93 bits per heavy atom. The highest BCUT2D eigenvalue weighted by atomic mass is 16.5. The van der Waals surface area contributed by atoms with Gasteiger partial charge in [0.15, 0.2) is 0 Å². The van der Waals surface area contributed by atoms with E-state index >= 15 is 0 Å². The molecular weight excluding hydrogens is 174 g/mol. The molecule has 0 radical (unpaired) electrons. The highest BCUT2D eigenvalue weighted by Crippen LogP contribution is 2.17. The molecular formula is C12H27NO. The van der Waals surface area contributed by atoms with Gasteiger partial charge in [0.2, 0.25) is 0 Å². The van der Waals surface area contributed by atoms with Gasteiger partial charge in [0, 0.05) is 18.7 Å². The van der Waals surface area contributed by atoms with Crippen molar-refractivity contribution in [2.45, 2.75) is 53.5 Å². The molecule has 14 heavy (non-hydrogen) atoms. The summed E-state index contributed by atoms with van der Waals surface area (Å²) in [7, 11) is 0. The normalized spacial score (nSPS) is 13.3. The van der Waals surface area contributed by atoms with E-state index in [0.717, 1.165) is 26.2 Å². The van der Waals surface area contributed by atoms with Gasteiger partial charge in [0.05, 0.1) is 6.61 Å². The van der Waals surface area contributed by atoms with Crippen molar-refractivity contribution in [3.05, 3.63) is 0 Å². The van der Waals surface area contributed by atoms with Crippen molar-refractivity contribution in [3.63, 3.8) is 0 Å². The lowest BCUT2D eigenvalue weighted by atomic mass is 9.93. The molecule has 2 nitrogen and oxygen atoms in total. The fraction of sp³-hybridized carbons (Fsp3) is 1.00.